The summed E-state index contributed by atoms with van der Waals surface area (Å²) in [4.78, 5) is 18.3. The first kappa shape index (κ1) is 15.7. The molecule has 23 heavy (non-hydrogen) atoms. The van der Waals surface area contributed by atoms with Gasteiger partial charge in [-0.1, -0.05) is 18.2 Å². The number of ether oxygens (including phenoxy) is 1. The molecule has 2 aromatic heterocycles. The number of nitrogens with zero attached hydrogens (tertiary/aromatic N) is 1. The molecule has 0 aliphatic carbocycles. The summed E-state index contributed by atoms with van der Waals surface area (Å²) in [6.45, 7) is 2.45. The van der Waals surface area contributed by atoms with E-state index in [-0.39, 0.29) is 5.91 Å². The Bertz CT molecular complexity index is 810. The van der Waals surface area contributed by atoms with Crippen LogP contribution < -0.4 is 10.1 Å². The van der Waals surface area contributed by atoms with Crippen LogP contribution in [0.3, 0.4) is 0 Å². The number of thiazole rings is 1. The molecule has 3 aromatic rings. The number of aromatic nitrogens is 1. The zero-order valence-corrected chi connectivity index (χ0v) is 14.5. The normalized spacial score (nSPS) is 10.5. The summed E-state index contributed by atoms with van der Waals surface area (Å²) in [5.74, 6) is 0.722. The molecule has 0 radical (unpaired) electrons. The summed E-state index contributed by atoms with van der Waals surface area (Å²) in [6.07, 6.45) is 1.63. The van der Waals surface area contributed by atoms with Crippen molar-refractivity contribution in [1.29, 1.82) is 0 Å². The molecule has 1 amide bonds. The van der Waals surface area contributed by atoms with Crippen LogP contribution in [0.4, 0.5) is 0 Å². The van der Waals surface area contributed by atoms with E-state index in [0.29, 0.717) is 11.4 Å². The maximum Gasteiger partial charge on any atom is 0.263 e. The molecule has 3 rings (SSSR count). The van der Waals surface area contributed by atoms with Crippen molar-refractivity contribution in [2.75, 3.05) is 7.11 Å². The summed E-state index contributed by atoms with van der Waals surface area (Å²) < 4.78 is 5.30. The second-order valence-electron chi connectivity index (χ2n) is 4.99. The van der Waals surface area contributed by atoms with Crippen molar-refractivity contribution in [2.24, 2.45) is 0 Å². The Labute approximate surface area is 142 Å². The highest BCUT2D eigenvalue weighted by molar-refractivity contribution is 7.21. The van der Waals surface area contributed by atoms with Crippen molar-refractivity contribution < 1.29 is 9.53 Å². The van der Waals surface area contributed by atoms with Gasteiger partial charge >= 0.3 is 0 Å². The zero-order valence-electron chi connectivity index (χ0n) is 12.8. The molecule has 0 aliphatic heterocycles. The summed E-state index contributed by atoms with van der Waals surface area (Å²) in [5.41, 5.74) is 2.08. The van der Waals surface area contributed by atoms with Crippen LogP contribution in [0.1, 0.15) is 20.8 Å². The van der Waals surface area contributed by atoms with Crippen molar-refractivity contribution in [3.8, 4) is 15.6 Å². The number of methoxy groups -OCH3 is 1. The molecule has 0 spiro atoms. The standard InChI is InChI=1S/C17H16N2O2S2/c1-11-5-6-12(8-13(11)21-2)9-18-16(20)15-10-19-17(23-15)14-4-3-7-22-14/h3-8,10H,9H2,1-2H3,(H,18,20). The molecule has 0 unspecified atom stereocenters. The first-order valence-corrected chi connectivity index (χ1v) is 8.78. The lowest BCUT2D eigenvalue weighted by Crippen LogP contribution is -2.21. The quantitative estimate of drug-likeness (QED) is 0.757. The third-order valence-corrected chi connectivity index (χ3v) is 5.42. The minimum atomic E-state index is -0.107. The van der Waals surface area contributed by atoms with Gasteiger partial charge < -0.3 is 10.1 Å². The highest BCUT2D eigenvalue weighted by Gasteiger charge is 2.12. The van der Waals surface area contributed by atoms with Gasteiger partial charge in [-0.2, -0.15) is 0 Å². The molecule has 6 heteroatoms. The highest BCUT2D eigenvalue weighted by atomic mass is 32.1. The third kappa shape index (κ3) is 3.60. The number of benzene rings is 1. The SMILES string of the molecule is COc1cc(CNC(=O)c2cnc(-c3cccs3)s2)ccc1C. The predicted octanol–water partition coefficient (Wildman–Crippen LogP) is 4.12. The Kier molecular flexibility index (Phi) is 4.73. The Morgan fingerprint density at radius 3 is 2.96 bits per heavy atom. The lowest BCUT2D eigenvalue weighted by Gasteiger charge is -2.08. The fourth-order valence-corrected chi connectivity index (χ4v) is 3.77. The zero-order chi connectivity index (χ0) is 16.2. The van der Waals surface area contributed by atoms with Crippen LogP contribution in [0.2, 0.25) is 0 Å². The number of thiophene rings is 1. The highest BCUT2D eigenvalue weighted by Crippen LogP contribution is 2.28. The van der Waals surface area contributed by atoms with Gasteiger partial charge in [0.25, 0.3) is 5.91 Å². The Morgan fingerprint density at radius 2 is 2.22 bits per heavy atom. The summed E-state index contributed by atoms with van der Waals surface area (Å²) in [7, 11) is 1.65. The molecule has 0 bridgehead atoms. The van der Waals surface area contributed by atoms with E-state index in [1.807, 2.05) is 42.6 Å². The minimum absolute atomic E-state index is 0.107. The fourth-order valence-electron chi connectivity index (χ4n) is 2.14. The summed E-state index contributed by atoms with van der Waals surface area (Å²) >= 11 is 3.03. The van der Waals surface area contributed by atoms with Crippen molar-refractivity contribution in [2.45, 2.75) is 13.5 Å². The molecule has 118 valence electrons. The van der Waals surface area contributed by atoms with Crippen LogP contribution in [0, 0.1) is 6.92 Å². The molecule has 0 saturated carbocycles. The number of amides is 1. The van der Waals surface area contributed by atoms with Crippen molar-refractivity contribution in [3.63, 3.8) is 0 Å². The van der Waals surface area contributed by atoms with Crippen LogP contribution in [-0.4, -0.2) is 18.0 Å². The van der Waals surface area contributed by atoms with E-state index in [0.717, 1.165) is 26.8 Å². The molecule has 1 aromatic carbocycles. The number of rotatable bonds is 5. The molecule has 4 nitrogen and oxygen atoms in total. The van der Waals surface area contributed by atoms with Gasteiger partial charge in [-0.3, -0.25) is 4.79 Å². The van der Waals surface area contributed by atoms with E-state index >= 15 is 0 Å². The van der Waals surface area contributed by atoms with Gasteiger partial charge in [0.15, 0.2) is 0 Å². The van der Waals surface area contributed by atoms with Crippen LogP contribution in [0.15, 0.2) is 41.9 Å². The van der Waals surface area contributed by atoms with Crippen LogP contribution in [0.25, 0.3) is 9.88 Å². The van der Waals surface area contributed by atoms with Crippen molar-refractivity contribution in [3.05, 3.63) is 57.9 Å². The molecular formula is C17H16N2O2S2. The maximum absolute atomic E-state index is 12.3. The molecule has 2 heterocycles. The van der Waals surface area contributed by atoms with Gasteiger partial charge in [-0.05, 0) is 35.6 Å². The third-order valence-electron chi connectivity index (χ3n) is 3.39. The van der Waals surface area contributed by atoms with Crippen LogP contribution >= 0.6 is 22.7 Å². The van der Waals surface area contributed by atoms with E-state index in [2.05, 4.69) is 10.3 Å². The average Bonchev–Trinajstić information content (AvgIpc) is 3.24. The second-order valence-corrected chi connectivity index (χ2v) is 6.97. The number of carbonyl (C=O) groups excluding carboxylic acids is 1. The van der Waals surface area contributed by atoms with Gasteiger partial charge in [0, 0.05) is 6.54 Å². The number of aryl methyl sites for hydroxylation is 1. The van der Waals surface area contributed by atoms with Gasteiger partial charge in [0.2, 0.25) is 0 Å². The monoisotopic (exact) mass is 344 g/mol. The maximum atomic E-state index is 12.3. The van der Waals surface area contributed by atoms with E-state index < -0.39 is 0 Å². The molecule has 0 fully saturated rings. The van der Waals surface area contributed by atoms with Gasteiger partial charge in [-0.15, -0.1) is 22.7 Å². The molecule has 0 atom stereocenters. The average molecular weight is 344 g/mol. The van der Waals surface area contributed by atoms with Gasteiger partial charge in [0.1, 0.15) is 15.6 Å². The van der Waals surface area contributed by atoms with E-state index in [1.165, 1.54) is 11.3 Å². The first-order chi connectivity index (χ1) is 11.2. The molecule has 1 N–H and O–H groups in total. The van der Waals surface area contributed by atoms with Crippen molar-refractivity contribution >= 4 is 28.6 Å². The molecule has 0 saturated heterocycles. The van der Waals surface area contributed by atoms with Crippen molar-refractivity contribution in [1.82, 2.24) is 10.3 Å². The first-order valence-electron chi connectivity index (χ1n) is 7.09. The van der Waals surface area contributed by atoms with Gasteiger partial charge in [-0.25, -0.2) is 4.98 Å². The lowest BCUT2D eigenvalue weighted by atomic mass is 10.1. The topological polar surface area (TPSA) is 51.2 Å². The Morgan fingerprint density at radius 1 is 1.35 bits per heavy atom. The minimum Gasteiger partial charge on any atom is -0.496 e. The Balaban J connectivity index is 1.66. The van der Waals surface area contributed by atoms with Crippen LogP contribution in [0.5, 0.6) is 5.75 Å². The summed E-state index contributed by atoms with van der Waals surface area (Å²) in [5, 5.41) is 5.80. The fraction of sp³-hybridized carbons (Fsp3) is 0.176. The van der Waals surface area contributed by atoms with E-state index in [1.54, 1.807) is 24.6 Å². The number of hydrogen-bond donors (Lipinski definition) is 1. The van der Waals surface area contributed by atoms with Crippen LogP contribution in [-0.2, 0) is 6.54 Å². The molecular weight excluding hydrogens is 328 g/mol. The van der Waals surface area contributed by atoms with Gasteiger partial charge in [0.05, 0.1) is 18.2 Å². The number of hydrogen-bond acceptors (Lipinski definition) is 5. The summed E-state index contributed by atoms with van der Waals surface area (Å²) in [6, 6.07) is 9.90. The number of carbonyl (C=O) groups is 1. The van der Waals surface area contributed by atoms with E-state index in [4.69, 9.17) is 4.74 Å². The second kappa shape index (κ2) is 6.93. The number of nitrogens with one attached hydrogen (secondary N) is 1. The smallest absolute Gasteiger partial charge is 0.263 e. The largest absolute Gasteiger partial charge is 0.496 e. The van der Waals surface area contributed by atoms with E-state index in [9.17, 15) is 4.79 Å². The lowest BCUT2D eigenvalue weighted by molar-refractivity contribution is 0.0954. The Hall–Kier alpha value is -2.18. The predicted molar refractivity (Wildman–Crippen MR) is 94.3 cm³/mol. The molecule has 0 aliphatic rings.